The highest BCUT2D eigenvalue weighted by Gasteiger charge is 2.32. The van der Waals surface area contributed by atoms with Crippen molar-refractivity contribution in [3.05, 3.63) is 88.0 Å². The molecule has 256 valence electrons. The number of nitrogens with two attached hydrogens (primary N) is 2. The van der Waals surface area contributed by atoms with Crippen LogP contribution >= 0.6 is 11.6 Å². The second-order valence-corrected chi connectivity index (χ2v) is 11.6. The molecule has 1 aromatic carbocycles. The molecule has 1 atom stereocenters. The summed E-state index contributed by atoms with van der Waals surface area (Å²) in [5.41, 5.74) is 3.91. The zero-order chi connectivity index (χ0) is 35.4. The van der Waals surface area contributed by atoms with Crippen molar-refractivity contribution in [3.8, 4) is 22.6 Å². The number of pyridine rings is 1. The number of rotatable bonds is 13. The monoisotopic (exact) mass is 691 g/mol. The van der Waals surface area contributed by atoms with Crippen LogP contribution in [0.4, 0.5) is 24.5 Å². The number of hydrazine groups is 1. The molecule has 4 aromatic rings. The number of aromatic nitrogens is 5. The third kappa shape index (κ3) is 8.36. The molecule has 18 heteroatoms. The summed E-state index contributed by atoms with van der Waals surface area (Å²) in [4.78, 5) is 33.6. The summed E-state index contributed by atoms with van der Waals surface area (Å²) < 4.78 is 41.0. The van der Waals surface area contributed by atoms with Crippen LogP contribution in [0.3, 0.4) is 0 Å². The van der Waals surface area contributed by atoms with E-state index in [1.807, 2.05) is 0 Å². The van der Waals surface area contributed by atoms with E-state index in [0.717, 1.165) is 12.6 Å². The van der Waals surface area contributed by atoms with Crippen molar-refractivity contribution in [2.75, 3.05) is 10.3 Å². The van der Waals surface area contributed by atoms with Crippen LogP contribution in [0.1, 0.15) is 44.7 Å². The lowest BCUT2D eigenvalue weighted by Crippen LogP contribution is -2.34. The standard InChI is InChI=1S/C30H33ClF3N9O5/c1-17(2)4-3-5-24(18-8-9-37-22(10-18)28-23(39-16-44)13-40-43(28)30(46,47)48)41-15-38-21(12-27(41)45)20-11-19(31)6-7-25(20)42(36)14-26(35)29(32,33)34/h6-17,24,46-48H,3-5,35-36H2,1-2H3,(H,39,44)/b26-14-. The van der Waals surface area contributed by atoms with Crippen molar-refractivity contribution >= 4 is 29.4 Å². The van der Waals surface area contributed by atoms with E-state index in [2.05, 4.69) is 34.2 Å². The van der Waals surface area contributed by atoms with E-state index >= 15 is 0 Å². The first-order valence-corrected chi connectivity index (χ1v) is 14.8. The number of hydrogen-bond donors (Lipinski definition) is 6. The number of nitrogens with zero attached hydrogens (tertiary/aromatic N) is 6. The first-order chi connectivity index (χ1) is 22.5. The van der Waals surface area contributed by atoms with Gasteiger partial charge in [-0.25, -0.2) is 10.8 Å². The molecule has 0 aliphatic rings. The number of anilines is 2. The van der Waals surface area contributed by atoms with Crippen LogP contribution < -0.4 is 27.5 Å². The van der Waals surface area contributed by atoms with E-state index in [1.165, 1.54) is 47.4 Å². The molecule has 0 aliphatic carbocycles. The van der Waals surface area contributed by atoms with Gasteiger partial charge in [-0.3, -0.25) is 24.1 Å². The number of nitrogens with one attached hydrogen (secondary N) is 1. The fourth-order valence-electron chi connectivity index (χ4n) is 4.98. The Hall–Kier alpha value is -4.81. The molecular weight excluding hydrogens is 659 g/mol. The molecule has 1 unspecified atom stereocenters. The Morgan fingerprint density at radius 3 is 2.46 bits per heavy atom. The van der Waals surface area contributed by atoms with Gasteiger partial charge >= 0.3 is 12.3 Å². The third-order valence-corrected chi connectivity index (χ3v) is 7.46. The van der Waals surface area contributed by atoms with E-state index in [0.29, 0.717) is 46.6 Å². The summed E-state index contributed by atoms with van der Waals surface area (Å²) in [5, 5.41) is 36.6. The van der Waals surface area contributed by atoms with Crippen LogP contribution in [0.25, 0.3) is 22.6 Å². The number of hydrogen-bond acceptors (Lipinski definition) is 11. The lowest BCUT2D eigenvalue weighted by molar-refractivity contribution is -0.380. The maximum Gasteiger partial charge on any atom is 0.432 e. The average Bonchev–Trinajstić information content (AvgIpc) is 3.44. The van der Waals surface area contributed by atoms with Crippen molar-refractivity contribution in [2.45, 2.75) is 51.4 Å². The predicted octanol–water partition coefficient (Wildman–Crippen LogP) is 3.39. The van der Waals surface area contributed by atoms with Gasteiger partial charge in [0.05, 0.1) is 41.3 Å². The van der Waals surface area contributed by atoms with Gasteiger partial charge in [0.25, 0.3) is 5.56 Å². The zero-order valence-corrected chi connectivity index (χ0v) is 26.4. The summed E-state index contributed by atoms with van der Waals surface area (Å²) in [6.45, 7) is 4.10. The van der Waals surface area contributed by atoms with Gasteiger partial charge in [-0.15, -0.1) is 0 Å². The van der Waals surface area contributed by atoms with Gasteiger partial charge < -0.3 is 26.4 Å². The summed E-state index contributed by atoms with van der Waals surface area (Å²) in [6.07, 6.45) is -1.71. The molecule has 3 aromatic heterocycles. The Balaban J connectivity index is 1.81. The first-order valence-electron chi connectivity index (χ1n) is 14.4. The number of alkyl halides is 3. The highest BCUT2D eigenvalue weighted by atomic mass is 35.5. The lowest BCUT2D eigenvalue weighted by atomic mass is 9.97. The Morgan fingerprint density at radius 2 is 1.83 bits per heavy atom. The van der Waals surface area contributed by atoms with E-state index in [4.69, 9.17) is 23.2 Å². The van der Waals surface area contributed by atoms with Crippen LogP contribution in [0.15, 0.2) is 71.8 Å². The van der Waals surface area contributed by atoms with Gasteiger partial charge in [-0.2, -0.15) is 23.0 Å². The summed E-state index contributed by atoms with van der Waals surface area (Å²) in [7, 11) is 0. The maximum atomic E-state index is 13.7. The van der Waals surface area contributed by atoms with Crippen molar-refractivity contribution in [1.29, 1.82) is 0 Å². The predicted molar refractivity (Wildman–Crippen MR) is 171 cm³/mol. The Kier molecular flexibility index (Phi) is 10.9. The minimum atomic E-state index is -4.83. The van der Waals surface area contributed by atoms with Gasteiger partial charge in [-0.05, 0) is 48.2 Å². The second-order valence-electron chi connectivity index (χ2n) is 11.2. The molecule has 3 heterocycles. The molecule has 4 rings (SSSR count). The van der Waals surface area contributed by atoms with E-state index in [-0.39, 0.29) is 39.0 Å². The molecule has 0 saturated heterocycles. The molecule has 1 amide bonds. The normalized spacial score (nSPS) is 13.1. The SMILES string of the molecule is CC(C)CCCC(c1ccnc(-c2c(NC=O)cnn2C(O)(O)O)c1)n1cnc(-c2cc(Cl)ccc2N(N)/C=C(\N)C(F)(F)F)cc1=O. The number of carbonyl (C=O) groups excluding carboxylic acids is 1. The van der Waals surface area contributed by atoms with Gasteiger partial charge in [0.1, 0.15) is 11.4 Å². The van der Waals surface area contributed by atoms with Gasteiger partial charge in [-0.1, -0.05) is 38.3 Å². The fourth-order valence-corrected chi connectivity index (χ4v) is 5.16. The van der Waals surface area contributed by atoms with Crippen LogP contribution in [-0.2, 0) is 10.9 Å². The highest BCUT2D eigenvalue weighted by Crippen LogP contribution is 2.34. The molecule has 0 saturated carbocycles. The molecule has 0 radical (unpaired) electrons. The summed E-state index contributed by atoms with van der Waals surface area (Å²) >= 11 is 6.19. The minimum Gasteiger partial charge on any atom is -0.393 e. The molecule has 0 bridgehead atoms. The van der Waals surface area contributed by atoms with E-state index in [1.54, 1.807) is 6.07 Å². The minimum absolute atomic E-state index is 0.00817. The van der Waals surface area contributed by atoms with Crippen LogP contribution in [0, 0.1) is 5.92 Å². The number of carbonyl (C=O) groups is 1. The number of halogens is 4. The molecule has 0 fully saturated rings. The smallest absolute Gasteiger partial charge is 0.393 e. The average molecular weight is 692 g/mol. The quantitative estimate of drug-likeness (QED) is 0.0518. The number of amides is 1. The van der Waals surface area contributed by atoms with Gasteiger partial charge in [0.15, 0.2) is 0 Å². The molecular formula is C30H33ClF3N9O5. The van der Waals surface area contributed by atoms with Crippen LogP contribution in [0.5, 0.6) is 0 Å². The van der Waals surface area contributed by atoms with Crippen molar-refractivity contribution < 1.29 is 33.3 Å². The Labute approximate surface area is 276 Å². The molecule has 0 aliphatic heterocycles. The van der Waals surface area contributed by atoms with Crippen molar-refractivity contribution in [2.24, 2.45) is 17.5 Å². The second kappa shape index (κ2) is 14.5. The fraction of sp³-hybridized carbons (Fsp3) is 0.300. The van der Waals surface area contributed by atoms with Crippen molar-refractivity contribution in [1.82, 2.24) is 24.3 Å². The summed E-state index contributed by atoms with van der Waals surface area (Å²) in [6, 6.07) is 7.88. The topological polar surface area (TPSA) is 211 Å². The number of allylic oxidation sites excluding steroid dienone is 1. The van der Waals surface area contributed by atoms with Gasteiger partial charge in [0, 0.05) is 29.0 Å². The zero-order valence-electron chi connectivity index (χ0n) is 25.6. The Bertz CT molecular complexity index is 1850. The largest absolute Gasteiger partial charge is 0.432 e. The summed E-state index contributed by atoms with van der Waals surface area (Å²) in [5.74, 6) is 6.27. The van der Waals surface area contributed by atoms with Crippen LogP contribution in [-0.4, -0.2) is 52.2 Å². The molecule has 48 heavy (non-hydrogen) atoms. The van der Waals surface area contributed by atoms with E-state index < -0.39 is 29.6 Å². The molecule has 8 N–H and O–H groups in total. The van der Waals surface area contributed by atoms with Crippen LogP contribution in [0.2, 0.25) is 5.02 Å². The number of aliphatic hydroxyl groups is 3. The first kappa shape index (κ1) is 36.0. The Morgan fingerprint density at radius 1 is 1.10 bits per heavy atom. The molecule has 14 nitrogen and oxygen atoms in total. The molecule has 0 spiro atoms. The highest BCUT2D eigenvalue weighted by molar-refractivity contribution is 6.31. The van der Waals surface area contributed by atoms with Crippen molar-refractivity contribution in [3.63, 3.8) is 0 Å². The number of benzene rings is 1. The third-order valence-electron chi connectivity index (χ3n) is 7.23. The van der Waals surface area contributed by atoms with Gasteiger partial charge in [0.2, 0.25) is 6.41 Å². The van der Waals surface area contributed by atoms with E-state index in [9.17, 15) is 38.1 Å². The lowest BCUT2D eigenvalue weighted by Gasteiger charge is -2.23. The maximum absolute atomic E-state index is 13.7.